The molecule has 0 aliphatic carbocycles. The minimum atomic E-state index is -3.49. The molecule has 1 aromatic heterocycles. The molecule has 11 heteroatoms. The Morgan fingerprint density at radius 3 is 2.42 bits per heavy atom. The number of halogens is 1. The van der Waals surface area contributed by atoms with Gasteiger partial charge in [-0.3, -0.25) is 4.79 Å². The molecule has 212 valence electrons. The third-order valence-corrected chi connectivity index (χ3v) is 9.37. The highest BCUT2D eigenvalue weighted by Gasteiger charge is 2.39. The van der Waals surface area contributed by atoms with E-state index in [1.807, 2.05) is 13.0 Å². The maximum absolute atomic E-state index is 13.4. The summed E-state index contributed by atoms with van der Waals surface area (Å²) >= 11 is 0. The molecule has 3 heterocycles. The van der Waals surface area contributed by atoms with Crippen molar-refractivity contribution in [3.05, 3.63) is 60.4 Å². The first-order chi connectivity index (χ1) is 19.1. The van der Waals surface area contributed by atoms with E-state index in [9.17, 15) is 17.6 Å². The van der Waals surface area contributed by atoms with Crippen LogP contribution in [0.2, 0.25) is 0 Å². The summed E-state index contributed by atoms with van der Waals surface area (Å²) in [4.78, 5) is 24.3. The summed E-state index contributed by atoms with van der Waals surface area (Å²) in [7, 11) is 0.362. The van der Waals surface area contributed by atoms with E-state index >= 15 is 0 Å². The third-order valence-electron chi connectivity index (χ3n) is 7.64. The molecule has 1 N–H and O–H groups in total. The zero-order valence-corrected chi connectivity index (χ0v) is 23.9. The Kier molecular flexibility index (Phi) is 7.70. The predicted molar refractivity (Wildman–Crippen MR) is 154 cm³/mol. The van der Waals surface area contributed by atoms with Crippen LogP contribution in [0.1, 0.15) is 26.7 Å². The maximum Gasteiger partial charge on any atom is 0.249 e. The number of nitrogens with zero attached hydrogens (tertiary/aromatic N) is 4. The molecule has 0 spiro atoms. The first-order valence-electron chi connectivity index (χ1n) is 13.4. The molecule has 5 rings (SSSR count). The molecule has 3 aromatic rings. The lowest BCUT2D eigenvalue weighted by atomic mass is 9.99. The van der Waals surface area contributed by atoms with Crippen molar-refractivity contribution < 1.29 is 22.3 Å². The van der Waals surface area contributed by atoms with Crippen LogP contribution in [0.3, 0.4) is 0 Å². The third kappa shape index (κ3) is 5.48. The fraction of sp³-hybridized carbons (Fsp3) is 0.379. The van der Waals surface area contributed by atoms with Gasteiger partial charge in [-0.1, -0.05) is 6.92 Å². The molecule has 40 heavy (non-hydrogen) atoms. The number of sulfone groups is 1. The number of anilines is 4. The number of hydrogen-bond acceptors (Lipinski definition) is 8. The van der Waals surface area contributed by atoms with E-state index in [4.69, 9.17) is 9.72 Å². The number of likely N-dealkylation sites (N-methyl/N-ethyl adjacent to an activating group) is 1. The van der Waals surface area contributed by atoms with Gasteiger partial charge in [-0.25, -0.2) is 17.8 Å². The average molecular weight is 568 g/mol. The number of hydrogen-bond donors (Lipinski definition) is 1. The first kappa shape index (κ1) is 27.9. The van der Waals surface area contributed by atoms with Crippen LogP contribution < -0.4 is 19.9 Å². The second kappa shape index (κ2) is 11.1. The Morgan fingerprint density at radius 1 is 1.05 bits per heavy atom. The Balaban J connectivity index is 1.54. The summed E-state index contributed by atoms with van der Waals surface area (Å²) in [6.07, 6.45) is 1.84. The van der Waals surface area contributed by atoms with E-state index < -0.39 is 9.84 Å². The van der Waals surface area contributed by atoms with Crippen LogP contribution in [0.5, 0.6) is 11.5 Å². The summed E-state index contributed by atoms with van der Waals surface area (Å²) in [5.41, 5.74) is 1.11. The lowest BCUT2D eigenvalue weighted by molar-refractivity contribution is -0.119. The number of nitrogens with one attached hydrogen (secondary N) is 1. The monoisotopic (exact) mass is 567 g/mol. The molecule has 0 radical (unpaired) electrons. The molecule has 0 saturated carbocycles. The smallest absolute Gasteiger partial charge is 0.249 e. The quantitative estimate of drug-likeness (QED) is 0.435. The predicted octanol–water partition coefficient (Wildman–Crippen LogP) is 4.82. The fourth-order valence-electron chi connectivity index (χ4n) is 5.25. The number of rotatable bonds is 7. The molecule has 0 bridgehead atoms. The van der Waals surface area contributed by atoms with Crippen molar-refractivity contribution in [2.24, 2.45) is 0 Å². The summed E-state index contributed by atoms with van der Waals surface area (Å²) in [5, 5.41) is 3.25. The van der Waals surface area contributed by atoms with Crippen LogP contribution in [0.15, 0.2) is 59.5 Å². The Morgan fingerprint density at radius 2 is 1.75 bits per heavy atom. The molecule has 1 saturated heterocycles. The highest BCUT2D eigenvalue weighted by atomic mass is 32.2. The number of amides is 1. The molecular formula is C29H34FN5O4S. The summed E-state index contributed by atoms with van der Waals surface area (Å²) < 4.78 is 44.8. The summed E-state index contributed by atoms with van der Waals surface area (Å²) in [5.74, 6) is 1.51. The standard InChI is InChI=1S/C29H34FN5O4S/c1-5-40(37,38)23-10-12-26(39-22-8-6-20(30)7-9-22)24(18-23)31-27-13-11-25-28(32-27)35(19(2)29(36)34(25)4)21-14-16-33(3)17-15-21/h6-13,18-19,21H,5,14-17H2,1-4H3,(H,31,32). The van der Waals surface area contributed by atoms with E-state index in [2.05, 4.69) is 22.2 Å². The number of likely N-dealkylation sites (tertiary alicyclic amines) is 1. The van der Waals surface area contributed by atoms with E-state index in [1.54, 1.807) is 31.0 Å². The fourth-order valence-corrected chi connectivity index (χ4v) is 6.16. The minimum Gasteiger partial charge on any atom is -0.455 e. The molecule has 1 atom stereocenters. The summed E-state index contributed by atoms with van der Waals surface area (Å²) in [6, 6.07) is 13.6. The zero-order valence-electron chi connectivity index (χ0n) is 23.1. The van der Waals surface area contributed by atoms with Gasteiger partial charge in [-0.05, 0) is 94.5 Å². The van der Waals surface area contributed by atoms with Crippen molar-refractivity contribution in [3.63, 3.8) is 0 Å². The SMILES string of the molecule is CCS(=O)(=O)c1ccc(Oc2ccc(F)cc2)c(Nc2ccc3c(n2)N(C2CCN(C)CC2)C(C)C(=O)N3C)c1. The van der Waals surface area contributed by atoms with Crippen LogP contribution in [0, 0.1) is 5.82 Å². The lowest BCUT2D eigenvalue weighted by Crippen LogP contribution is -2.57. The van der Waals surface area contributed by atoms with Crippen LogP contribution in [0.4, 0.5) is 27.4 Å². The van der Waals surface area contributed by atoms with Gasteiger partial charge in [0.1, 0.15) is 23.4 Å². The number of ether oxygens (including phenoxy) is 1. The molecule has 1 amide bonds. The van der Waals surface area contributed by atoms with Gasteiger partial charge < -0.3 is 24.8 Å². The van der Waals surface area contributed by atoms with Crippen molar-refractivity contribution in [2.75, 3.05) is 48.1 Å². The Bertz CT molecular complexity index is 1510. The Labute approximate surface area is 234 Å². The highest BCUT2D eigenvalue weighted by molar-refractivity contribution is 7.91. The second-order valence-electron chi connectivity index (χ2n) is 10.3. The number of benzene rings is 2. The average Bonchev–Trinajstić information content (AvgIpc) is 2.95. The van der Waals surface area contributed by atoms with Crippen LogP contribution in [-0.2, 0) is 14.6 Å². The van der Waals surface area contributed by atoms with Crippen molar-refractivity contribution >= 4 is 38.8 Å². The maximum atomic E-state index is 13.4. The topological polar surface area (TPSA) is 95.1 Å². The number of carbonyl (C=O) groups excluding carboxylic acids is 1. The van der Waals surface area contributed by atoms with Crippen molar-refractivity contribution in [1.29, 1.82) is 0 Å². The molecular weight excluding hydrogens is 533 g/mol. The van der Waals surface area contributed by atoms with E-state index in [0.29, 0.717) is 28.8 Å². The highest BCUT2D eigenvalue weighted by Crippen LogP contribution is 2.40. The largest absolute Gasteiger partial charge is 0.455 e. The normalized spacial score (nSPS) is 18.5. The van der Waals surface area contributed by atoms with Crippen LogP contribution in [-0.4, -0.2) is 69.2 Å². The van der Waals surface area contributed by atoms with Crippen LogP contribution >= 0.6 is 0 Å². The first-order valence-corrected chi connectivity index (χ1v) is 15.1. The van der Waals surface area contributed by atoms with Gasteiger partial charge >= 0.3 is 0 Å². The van der Waals surface area contributed by atoms with Gasteiger partial charge in [0.05, 0.1) is 22.0 Å². The second-order valence-corrected chi connectivity index (χ2v) is 12.6. The number of carbonyl (C=O) groups is 1. The van der Waals surface area contributed by atoms with E-state index in [-0.39, 0.29) is 34.5 Å². The number of aromatic nitrogens is 1. The van der Waals surface area contributed by atoms with Gasteiger partial charge in [0.15, 0.2) is 21.4 Å². The number of fused-ring (bicyclic) bond motifs is 1. The zero-order chi connectivity index (χ0) is 28.6. The molecule has 2 aromatic carbocycles. The van der Waals surface area contributed by atoms with E-state index in [1.165, 1.54) is 36.4 Å². The van der Waals surface area contributed by atoms with Gasteiger partial charge in [0.25, 0.3) is 0 Å². The minimum absolute atomic E-state index is 0.0152. The van der Waals surface area contributed by atoms with Crippen LogP contribution in [0.25, 0.3) is 0 Å². The number of piperidine rings is 1. The number of pyridine rings is 1. The Hall–Kier alpha value is -3.70. The summed E-state index contributed by atoms with van der Waals surface area (Å²) in [6.45, 7) is 5.38. The van der Waals surface area contributed by atoms with Gasteiger partial charge in [0, 0.05) is 13.1 Å². The molecule has 2 aliphatic rings. The van der Waals surface area contributed by atoms with Gasteiger partial charge in [-0.15, -0.1) is 0 Å². The molecule has 1 unspecified atom stereocenters. The van der Waals surface area contributed by atoms with Crippen molar-refractivity contribution in [1.82, 2.24) is 9.88 Å². The van der Waals surface area contributed by atoms with Gasteiger partial charge in [-0.2, -0.15) is 0 Å². The molecule has 9 nitrogen and oxygen atoms in total. The van der Waals surface area contributed by atoms with E-state index in [0.717, 1.165) is 31.6 Å². The lowest BCUT2D eigenvalue weighted by Gasteiger charge is -2.45. The van der Waals surface area contributed by atoms with Gasteiger partial charge in [0.2, 0.25) is 5.91 Å². The van der Waals surface area contributed by atoms with Crippen molar-refractivity contribution in [3.8, 4) is 11.5 Å². The molecule has 1 fully saturated rings. The molecule has 2 aliphatic heterocycles. The van der Waals surface area contributed by atoms with Crippen molar-refractivity contribution in [2.45, 2.75) is 43.7 Å².